The number of benzene rings is 1. The topological polar surface area (TPSA) is 49.4 Å². The molecule has 1 saturated carbocycles. The Balaban J connectivity index is 1.41. The van der Waals surface area contributed by atoms with E-state index in [1.165, 1.54) is 32.1 Å². The van der Waals surface area contributed by atoms with Crippen molar-refractivity contribution in [2.24, 2.45) is 5.92 Å². The van der Waals surface area contributed by atoms with Crippen LogP contribution in [0.15, 0.2) is 30.3 Å². The van der Waals surface area contributed by atoms with E-state index in [-0.39, 0.29) is 17.9 Å². The van der Waals surface area contributed by atoms with Crippen molar-refractivity contribution in [2.75, 3.05) is 6.54 Å². The molecule has 1 aromatic carbocycles. The molecule has 26 heavy (non-hydrogen) atoms. The van der Waals surface area contributed by atoms with E-state index in [9.17, 15) is 9.59 Å². The molecule has 1 N–H and O–H groups in total. The Bertz CT molecular complexity index is 599. The molecular formula is C22H32N2O2. The summed E-state index contributed by atoms with van der Waals surface area (Å²) in [6.45, 7) is 2.91. The zero-order chi connectivity index (χ0) is 18.4. The molecule has 0 radical (unpaired) electrons. The highest BCUT2D eigenvalue weighted by molar-refractivity contribution is 5.79. The van der Waals surface area contributed by atoms with Crippen molar-refractivity contribution in [3.05, 3.63) is 35.9 Å². The fourth-order valence-electron chi connectivity index (χ4n) is 4.62. The lowest BCUT2D eigenvalue weighted by molar-refractivity contribution is -0.137. The van der Waals surface area contributed by atoms with Crippen LogP contribution >= 0.6 is 0 Å². The second kappa shape index (κ2) is 9.20. The second-order valence-corrected chi connectivity index (χ2v) is 7.89. The van der Waals surface area contributed by atoms with Gasteiger partial charge in [0.05, 0.1) is 6.04 Å². The van der Waals surface area contributed by atoms with Crippen molar-refractivity contribution in [1.82, 2.24) is 10.2 Å². The minimum Gasteiger partial charge on any atom is -0.350 e. The Morgan fingerprint density at radius 2 is 1.81 bits per heavy atom. The van der Waals surface area contributed by atoms with Crippen LogP contribution in [0.4, 0.5) is 0 Å². The second-order valence-electron chi connectivity index (χ2n) is 7.89. The van der Waals surface area contributed by atoms with Crippen LogP contribution in [-0.4, -0.2) is 29.3 Å². The van der Waals surface area contributed by atoms with Gasteiger partial charge in [0.1, 0.15) is 0 Å². The maximum absolute atomic E-state index is 12.7. The molecule has 2 aliphatic rings. The molecule has 2 unspecified atom stereocenters. The van der Waals surface area contributed by atoms with E-state index in [1.54, 1.807) is 0 Å². The summed E-state index contributed by atoms with van der Waals surface area (Å²) < 4.78 is 0. The van der Waals surface area contributed by atoms with Crippen molar-refractivity contribution in [2.45, 2.75) is 76.8 Å². The number of rotatable bonds is 6. The number of nitrogens with one attached hydrogen (secondary N) is 1. The molecule has 1 aliphatic heterocycles. The Labute approximate surface area is 157 Å². The van der Waals surface area contributed by atoms with Gasteiger partial charge < -0.3 is 10.2 Å². The summed E-state index contributed by atoms with van der Waals surface area (Å²) in [7, 11) is 0. The van der Waals surface area contributed by atoms with E-state index in [0.29, 0.717) is 25.3 Å². The molecule has 2 fully saturated rings. The van der Waals surface area contributed by atoms with Gasteiger partial charge in [0.15, 0.2) is 0 Å². The zero-order valence-corrected chi connectivity index (χ0v) is 16.0. The summed E-state index contributed by atoms with van der Waals surface area (Å²) in [4.78, 5) is 27.0. The lowest BCUT2D eigenvalue weighted by Crippen LogP contribution is -2.49. The predicted molar refractivity (Wildman–Crippen MR) is 104 cm³/mol. The predicted octanol–water partition coefficient (Wildman–Crippen LogP) is 4.22. The number of fused-ring (bicyclic) bond motifs is 1. The molecule has 1 aliphatic carbocycles. The number of hydrogen-bond donors (Lipinski definition) is 1. The van der Waals surface area contributed by atoms with Gasteiger partial charge in [0, 0.05) is 25.4 Å². The number of carbonyl (C=O) groups excluding carboxylic acids is 2. The van der Waals surface area contributed by atoms with Crippen molar-refractivity contribution in [3.63, 3.8) is 0 Å². The molecule has 142 valence electrons. The van der Waals surface area contributed by atoms with Gasteiger partial charge >= 0.3 is 0 Å². The highest BCUT2D eigenvalue weighted by Gasteiger charge is 2.35. The molecule has 2 amide bonds. The molecule has 4 heteroatoms. The van der Waals surface area contributed by atoms with Crippen molar-refractivity contribution in [3.8, 4) is 0 Å². The molecule has 4 nitrogen and oxygen atoms in total. The first-order chi connectivity index (χ1) is 12.6. The Morgan fingerprint density at radius 3 is 2.62 bits per heavy atom. The summed E-state index contributed by atoms with van der Waals surface area (Å²) in [5, 5.41) is 3.03. The largest absolute Gasteiger partial charge is 0.350 e. The van der Waals surface area contributed by atoms with Gasteiger partial charge in [-0.3, -0.25) is 9.59 Å². The minimum atomic E-state index is 0.00416. The number of amides is 2. The van der Waals surface area contributed by atoms with Crippen LogP contribution in [0.1, 0.15) is 76.3 Å². The van der Waals surface area contributed by atoms with Gasteiger partial charge in [-0.1, -0.05) is 43.2 Å². The van der Waals surface area contributed by atoms with E-state index >= 15 is 0 Å². The molecule has 3 rings (SSSR count). The molecule has 0 aromatic heterocycles. The van der Waals surface area contributed by atoms with Gasteiger partial charge in [-0.15, -0.1) is 0 Å². The Hall–Kier alpha value is -1.84. The average molecular weight is 357 g/mol. The summed E-state index contributed by atoms with van der Waals surface area (Å²) in [6.07, 6.45) is 9.02. The van der Waals surface area contributed by atoms with Gasteiger partial charge in [-0.05, 0) is 50.5 Å². The molecule has 3 atom stereocenters. The van der Waals surface area contributed by atoms with E-state index in [2.05, 4.69) is 10.2 Å². The van der Waals surface area contributed by atoms with Gasteiger partial charge in [-0.25, -0.2) is 0 Å². The van der Waals surface area contributed by atoms with Gasteiger partial charge in [-0.2, -0.15) is 0 Å². The summed E-state index contributed by atoms with van der Waals surface area (Å²) in [6, 6.07) is 10.4. The molecule has 0 bridgehead atoms. The smallest absolute Gasteiger partial charge is 0.222 e. The van der Waals surface area contributed by atoms with Gasteiger partial charge in [0.25, 0.3) is 0 Å². The average Bonchev–Trinajstić information content (AvgIpc) is 2.68. The molecular weight excluding hydrogens is 324 g/mol. The first kappa shape index (κ1) is 18.9. The Kier molecular flexibility index (Phi) is 6.70. The number of piperidine rings is 1. The van der Waals surface area contributed by atoms with E-state index in [1.807, 2.05) is 37.3 Å². The van der Waals surface area contributed by atoms with E-state index in [4.69, 9.17) is 0 Å². The van der Waals surface area contributed by atoms with Crippen LogP contribution in [0.3, 0.4) is 0 Å². The van der Waals surface area contributed by atoms with Crippen LogP contribution in [0.25, 0.3) is 0 Å². The zero-order valence-electron chi connectivity index (χ0n) is 16.0. The third kappa shape index (κ3) is 4.87. The monoisotopic (exact) mass is 356 g/mol. The maximum Gasteiger partial charge on any atom is 0.222 e. The van der Waals surface area contributed by atoms with Crippen LogP contribution in [0.2, 0.25) is 0 Å². The van der Waals surface area contributed by atoms with Crippen molar-refractivity contribution < 1.29 is 9.59 Å². The maximum atomic E-state index is 12.7. The van der Waals surface area contributed by atoms with Crippen LogP contribution in [-0.2, 0) is 9.59 Å². The first-order valence-electron chi connectivity index (χ1n) is 10.3. The highest BCUT2D eigenvalue weighted by atomic mass is 16.2. The third-order valence-corrected chi connectivity index (χ3v) is 6.04. The lowest BCUT2D eigenvalue weighted by atomic mass is 9.78. The molecule has 1 saturated heterocycles. The lowest BCUT2D eigenvalue weighted by Gasteiger charge is -2.44. The van der Waals surface area contributed by atoms with Gasteiger partial charge in [0.2, 0.25) is 11.8 Å². The summed E-state index contributed by atoms with van der Waals surface area (Å²) in [5.41, 5.74) is 1.11. The van der Waals surface area contributed by atoms with Crippen LogP contribution in [0.5, 0.6) is 0 Å². The van der Waals surface area contributed by atoms with Crippen molar-refractivity contribution in [1.29, 1.82) is 0 Å². The normalized spacial score (nSPS) is 23.8. The quantitative estimate of drug-likeness (QED) is 0.830. The fourth-order valence-corrected chi connectivity index (χ4v) is 4.62. The number of hydrogen-bond acceptors (Lipinski definition) is 2. The van der Waals surface area contributed by atoms with E-state index in [0.717, 1.165) is 24.4 Å². The van der Waals surface area contributed by atoms with Crippen LogP contribution < -0.4 is 5.32 Å². The fraction of sp³-hybridized carbons (Fsp3) is 0.636. The third-order valence-electron chi connectivity index (χ3n) is 6.04. The molecule has 0 spiro atoms. The highest BCUT2D eigenvalue weighted by Crippen LogP contribution is 2.35. The van der Waals surface area contributed by atoms with Crippen LogP contribution in [0, 0.1) is 5.92 Å². The van der Waals surface area contributed by atoms with E-state index < -0.39 is 0 Å². The number of carbonyl (C=O) groups is 2. The van der Waals surface area contributed by atoms with Crippen molar-refractivity contribution >= 4 is 11.8 Å². The SMILES string of the molecule is C[C@H](NC(=O)CCCC(=O)N1CCCC2CCCCC21)c1ccccc1. The number of nitrogens with zero attached hydrogens (tertiary/aromatic N) is 1. The summed E-state index contributed by atoms with van der Waals surface area (Å²) in [5.74, 6) is 1.00. The number of likely N-dealkylation sites (tertiary alicyclic amines) is 1. The summed E-state index contributed by atoms with van der Waals surface area (Å²) >= 11 is 0. The first-order valence-corrected chi connectivity index (χ1v) is 10.3. The molecule has 1 aromatic rings. The Morgan fingerprint density at radius 1 is 1.08 bits per heavy atom. The minimum absolute atomic E-state index is 0.00416. The standard InChI is InChI=1S/C22H32N2O2/c1-17(18-9-3-2-4-10-18)23-21(25)14-7-15-22(26)24-16-8-12-19-11-5-6-13-20(19)24/h2-4,9-10,17,19-20H,5-8,11-16H2,1H3,(H,23,25)/t17-,19?,20?/m0/s1. The molecule has 1 heterocycles.